The lowest BCUT2D eigenvalue weighted by atomic mass is 10.0. The molecule has 0 spiro atoms. The van der Waals surface area contributed by atoms with Gasteiger partial charge in [0.15, 0.2) is 11.5 Å². The van der Waals surface area contributed by atoms with E-state index >= 15 is 0 Å². The molecule has 20 heavy (non-hydrogen) atoms. The number of hydrogen-bond acceptors (Lipinski definition) is 3. The summed E-state index contributed by atoms with van der Waals surface area (Å²) in [5.41, 5.74) is 1.03. The Balaban J connectivity index is 2.21. The van der Waals surface area contributed by atoms with Gasteiger partial charge < -0.3 is 14.2 Å². The molecule has 0 saturated carbocycles. The summed E-state index contributed by atoms with van der Waals surface area (Å²) in [7, 11) is 1.43. The van der Waals surface area contributed by atoms with Gasteiger partial charge in [-0.15, -0.1) is 0 Å². The molecule has 1 heterocycles. The minimum absolute atomic E-state index is 0.312. The molecular weight excluding hydrogens is 266 g/mol. The van der Waals surface area contributed by atoms with Crippen molar-refractivity contribution in [2.75, 3.05) is 20.3 Å². The summed E-state index contributed by atoms with van der Waals surface area (Å²) >= 11 is 0. The largest absolute Gasteiger partial charge is 0.496 e. The Morgan fingerprint density at radius 3 is 2.55 bits per heavy atom. The Hall–Kier alpha value is -2.30. The predicted octanol–water partition coefficient (Wildman–Crippen LogP) is 3.41. The first-order valence-electron chi connectivity index (χ1n) is 6.12. The van der Waals surface area contributed by atoms with Crippen molar-refractivity contribution in [2.24, 2.45) is 0 Å². The minimum Gasteiger partial charge on any atom is -0.496 e. The summed E-state index contributed by atoms with van der Waals surface area (Å²) in [5, 5.41) is 0. The summed E-state index contributed by atoms with van der Waals surface area (Å²) in [6, 6.07) is 6.66. The molecule has 0 fully saturated rings. The van der Waals surface area contributed by atoms with Crippen molar-refractivity contribution in [3.05, 3.63) is 42.0 Å². The third-order valence-electron chi connectivity index (χ3n) is 3.06. The van der Waals surface area contributed by atoms with E-state index in [1.165, 1.54) is 37.4 Å². The first-order chi connectivity index (χ1) is 9.69. The van der Waals surface area contributed by atoms with E-state index in [4.69, 9.17) is 14.2 Å². The zero-order valence-corrected chi connectivity index (χ0v) is 10.8. The molecule has 2 aromatic carbocycles. The quantitative estimate of drug-likeness (QED) is 0.842. The molecule has 1 aliphatic rings. The molecule has 0 saturated heterocycles. The van der Waals surface area contributed by atoms with E-state index in [1.54, 1.807) is 0 Å². The average Bonchev–Trinajstić information content (AvgIpc) is 2.46. The van der Waals surface area contributed by atoms with Crippen LogP contribution in [0.1, 0.15) is 0 Å². The molecule has 2 aromatic rings. The number of ether oxygens (including phenoxy) is 3. The SMILES string of the molecule is COc1cc(F)ccc1-c1cc(F)cc2c1OCCO2. The van der Waals surface area contributed by atoms with Gasteiger partial charge >= 0.3 is 0 Å². The van der Waals surface area contributed by atoms with E-state index in [-0.39, 0.29) is 0 Å². The fourth-order valence-corrected chi connectivity index (χ4v) is 2.21. The fourth-order valence-electron chi connectivity index (χ4n) is 2.21. The highest BCUT2D eigenvalue weighted by Gasteiger charge is 2.21. The number of halogens is 2. The van der Waals surface area contributed by atoms with Crippen LogP contribution in [0.5, 0.6) is 17.2 Å². The highest BCUT2D eigenvalue weighted by atomic mass is 19.1. The summed E-state index contributed by atoms with van der Waals surface area (Å²) in [6.45, 7) is 0.756. The molecule has 0 N–H and O–H groups in total. The van der Waals surface area contributed by atoms with Gasteiger partial charge in [-0.1, -0.05) is 0 Å². The van der Waals surface area contributed by atoms with Crippen molar-refractivity contribution < 1.29 is 23.0 Å². The van der Waals surface area contributed by atoms with Crippen molar-refractivity contribution in [3.63, 3.8) is 0 Å². The van der Waals surface area contributed by atoms with E-state index in [2.05, 4.69) is 0 Å². The van der Waals surface area contributed by atoms with Crippen molar-refractivity contribution >= 4 is 0 Å². The molecule has 0 amide bonds. The summed E-state index contributed by atoms with van der Waals surface area (Å²) in [6.07, 6.45) is 0. The molecular formula is C15H12F2O3. The van der Waals surface area contributed by atoms with Crippen molar-refractivity contribution in [1.82, 2.24) is 0 Å². The van der Waals surface area contributed by atoms with Crippen molar-refractivity contribution in [3.8, 4) is 28.4 Å². The van der Waals surface area contributed by atoms with Gasteiger partial charge in [-0.05, 0) is 18.2 Å². The van der Waals surface area contributed by atoms with Crippen LogP contribution in [0.3, 0.4) is 0 Å². The molecule has 0 unspecified atom stereocenters. The van der Waals surface area contributed by atoms with E-state index in [0.717, 1.165) is 0 Å². The van der Waals surface area contributed by atoms with Crippen molar-refractivity contribution in [1.29, 1.82) is 0 Å². The molecule has 0 bridgehead atoms. The molecule has 3 rings (SSSR count). The maximum absolute atomic E-state index is 13.7. The van der Waals surface area contributed by atoms with Gasteiger partial charge in [-0.25, -0.2) is 8.78 Å². The molecule has 0 aromatic heterocycles. The van der Waals surface area contributed by atoms with Gasteiger partial charge in [0.05, 0.1) is 7.11 Å². The summed E-state index contributed by atoms with van der Waals surface area (Å²) < 4.78 is 43.1. The van der Waals surface area contributed by atoms with Crippen LogP contribution in [0, 0.1) is 11.6 Å². The Labute approximate surface area is 114 Å². The standard InChI is InChI=1S/C15H12F2O3/c1-18-13-7-9(16)2-3-11(13)12-6-10(17)8-14-15(12)20-5-4-19-14/h2-3,6-8H,4-5H2,1H3. The van der Waals surface area contributed by atoms with Crippen molar-refractivity contribution in [2.45, 2.75) is 0 Å². The van der Waals surface area contributed by atoms with Crippen LogP contribution < -0.4 is 14.2 Å². The number of hydrogen-bond donors (Lipinski definition) is 0. The molecule has 3 nitrogen and oxygen atoms in total. The fraction of sp³-hybridized carbons (Fsp3) is 0.200. The molecule has 0 atom stereocenters. The van der Waals surface area contributed by atoms with Crippen LogP contribution in [0.25, 0.3) is 11.1 Å². The van der Waals surface area contributed by atoms with Gasteiger partial charge in [-0.3, -0.25) is 0 Å². The van der Waals surface area contributed by atoms with Crippen LogP contribution in [0.4, 0.5) is 8.78 Å². The second-order valence-electron chi connectivity index (χ2n) is 4.32. The van der Waals surface area contributed by atoms with Gasteiger partial charge in [0.1, 0.15) is 30.6 Å². The van der Waals surface area contributed by atoms with Gasteiger partial charge in [0.2, 0.25) is 0 Å². The lowest BCUT2D eigenvalue weighted by Gasteiger charge is -2.22. The lowest BCUT2D eigenvalue weighted by Crippen LogP contribution is -2.16. The second kappa shape index (κ2) is 5.00. The zero-order chi connectivity index (χ0) is 14.1. The highest BCUT2D eigenvalue weighted by molar-refractivity contribution is 5.78. The van der Waals surface area contributed by atoms with E-state index in [9.17, 15) is 8.78 Å². The maximum Gasteiger partial charge on any atom is 0.169 e. The number of fused-ring (bicyclic) bond motifs is 1. The number of methoxy groups -OCH3 is 1. The monoisotopic (exact) mass is 278 g/mol. The second-order valence-corrected chi connectivity index (χ2v) is 4.32. The Morgan fingerprint density at radius 1 is 0.950 bits per heavy atom. The number of benzene rings is 2. The van der Waals surface area contributed by atoms with Gasteiger partial charge in [0, 0.05) is 23.3 Å². The molecule has 5 heteroatoms. The van der Waals surface area contributed by atoms with Gasteiger partial charge in [0.25, 0.3) is 0 Å². The minimum atomic E-state index is -0.448. The molecule has 0 aliphatic carbocycles. The topological polar surface area (TPSA) is 27.7 Å². The molecule has 0 radical (unpaired) electrons. The Morgan fingerprint density at radius 2 is 1.75 bits per heavy atom. The number of rotatable bonds is 2. The lowest BCUT2D eigenvalue weighted by molar-refractivity contribution is 0.171. The third-order valence-corrected chi connectivity index (χ3v) is 3.06. The van der Waals surface area contributed by atoms with Crippen LogP contribution in [-0.4, -0.2) is 20.3 Å². The zero-order valence-electron chi connectivity index (χ0n) is 10.8. The van der Waals surface area contributed by atoms with Gasteiger partial charge in [-0.2, -0.15) is 0 Å². The smallest absolute Gasteiger partial charge is 0.169 e. The normalized spacial score (nSPS) is 13.2. The summed E-state index contributed by atoms with van der Waals surface area (Å²) in [4.78, 5) is 0. The van der Waals surface area contributed by atoms with E-state index in [1.807, 2.05) is 0 Å². The van der Waals surface area contributed by atoms with E-state index < -0.39 is 11.6 Å². The van der Waals surface area contributed by atoms with E-state index in [0.29, 0.717) is 41.6 Å². The van der Waals surface area contributed by atoms with Crippen LogP contribution in [0.15, 0.2) is 30.3 Å². The summed E-state index contributed by atoms with van der Waals surface area (Å²) in [5.74, 6) is 0.232. The Kier molecular flexibility index (Phi) is 3.18. The molecule has 1 aliphatic heterocycles. The maximum atomic E-state index is 13.7. The van der Waals surface area contributed by atoms with Crippen LogP contribution in [-0.2, 0) is 0 Å². The third kappa shape index (κ3) is 2.15. The predicted molar refractivity (Wildman–Crippen MR) is 69.3 cm³/mol. The molecule has 104 valence electrons. The van der Waals surface area contributed by atoms with Crippen LogP contribution in [0.2, 0.25) is 0 Å². The first kappa shape index (κ1) is 12.7. The van der Waals surface area contributed by atoms with Crippen LogP contribution >= 0.6 is 0 Å². The first-order valence-corrected chi connectivity index (χ1v) is 6.12. The average molecular weight is 278 g/mol. The highest BCUT2D eigenvalue weighted by Crippen LogP contribution is 2.43. The Bertz CT molecular complexity index is 656.